The first kappa shape index (κ1) is 7.13. The van der Waals surface area contributed by atoms with Gasteiger partial charge in [-0.2, -0.15) is 0 Å². The van der Waals surface area contributed by atoms with Crippen LogP contribution in [0.1, 0.15) is 0 Å². The van der Waals surface area contributed by atoms with Gasteiger partial charge in [-0.25, -0.2) is 0 Å². The molecular weight excluding hydrogens is 224 g/mol. The molecule has 2 heterocycles. The minimum atomic E-state index is 0.931. The van der Waals surface area contributed by atoms with Crippen LogP contribution in [-0.4, -0.2) is 0 Å². The highest BCUT2D eigenvalue weighted by atomic mass is 79.9. The largest absolute Gasteiger partial charge is 0.464 e. The number of rotatable bonds is 1. The summed E-state index contributed by atoms with van der Waals surface area (Å²) < 4.78 is 6.35. The Morgan fingerprint density at radius 2 is 2.18 bits per heavy atom. The highest BCUT2D eigenvalue weighted by Crippen LogP contribution is 2.31. The van der Waals surface area contributed by atoms with Gasteiger partial charge >= 0.3 is 0 Å². The summed E-state index contributed by atoms with van der Waals surface area (Å²) in [6.07, 6.45) is 1.68. The fourth-order valence-electron chi connectivity index (χ4n) is 0.865. The molecule has 0 N–H and O–H groups in total. The van der Waals surface area contributed by atoms with Gasteiger partial charge in [0.25, 0.3) is 0 Å². The zero-order valence-electron chi connectivity index (χ0n) is 5.58. The van der Waals surface area contributed by atoms with Crippen molar-refractivity contribution in [3.63, 3.8) is 0 Å². The van der Waals surface area contributed by atoms with E-state index in [1.165, 1.54) is 0 Å². The Balaban J connectivity index is 2.45. The Morgan fingerprint density at radius 1 is 1.27 bits per heavy atom. The third-order valence-corrected chi connectivity index (χ3v) is 2.98. The topological polar surface area (TPSA) is 13.1 Å². The van der Waals surface area contributed by atoms with Gasteiger partial charge in [0, 0.05) is 0 Å². The van der Waals surface area contributed by atoms with Gasteiger partial charge in [0.05, 0.1) is 14.9 Å². The highest BCUT2D eigenvalue weighted by molar-refractivity contribution is 9.11. The van der Waals surface area contributed by atoms with Crippen molar-refractivity contribution < 1.29 is 4.42 Å². The first-order valence-electron chi connectivity index (χ1n) is 3.15. The summed E-state index contributed by atoms with van der Waals surface area (Å²) in [5, 5.41) is 0. The predicted molar refractivity (Wildman–Crippen MR) is 49.7 cm³/mol. The lowest BCUT2D eigenvalue weighted by Crippen LogP contribution is -1.58. The van der Waals surface area contributed by atoms with Gasteiger partial charge in [-0.3, -0.25) is 0 Å². The highest BCUT2D eigenvalue weighted by Gasteiger charge is 2.01. The van der Waals surface area contributed by atoms with Crippen LogP contribution in [0.15, 0.2) is 38.7 Å². The van der Waals surface area contributed by atoms with Crippen LogP contribution in [-0.2, 0) is 0 Å². The van der Waals surface area contributed by atoms with E-state index in [2.05, 4.69) is 15.9 Å². The number of hydrogen-bond donors (Lipinski definition) is 0. The van der Waals surface area contributed by atoms with Gasteiger partial charge in [-0.1, -0.05) is 0 Å². The lowest BCUT2D eigenvalue weighted by Gasteiger charge is -1.85. The Kier molecular flexibility index (Phi) is 1.84. The fraction of sp³-hybridized carbons (Fsp3) is 0. The summed E-state index contributed by atoms with van der Waals surface area (Å²) in [6, 6.07) is 7.90. The standard InChI is InChI=1S/C8H5BrOS/c9-8-4-3-7(11-8)6-2-1-5-10-6/h1-5H. The van der Waals surface area contributed by atoms with E-state index in [1.54, 1.807) is 17.6 Å². The second-order valence-electron chi connectivity index (χ2n) is 2.08. The van der Waals surface area contributed by atoms with Crippen LogP contribution in [0.4, 0.5) is 0 Å². The van der Waals surface area contributed by atoms with Crippen molar-refractivity contribution in [1.29, 1.82) is 0 Å². The van der Waals surface area contributed by atoms with E-state index in [9.17, 15) is 0 Å². The molecule has 0 saturated heterocycles. The van der Waals surface area contributed by atoms with E-state index < -0.39 is 0 Å². The third-order valence-electron chi connectivity index (χ3n) is 1.34. The molecule has 0 spiro atoms. The summed E-state index contributed by atoms with van der Waals surface area (Å²) in [6.45, 7) is 0. The van der Waals surface area contributed by atoms with Crippen LogP contribution in [0.25, 0.3) is 10.6 Å². The van der Waals surface area contributed by atoms with Gasteiger partial charge in [0.1, 0.15) is 5.76 Å². The maximum absolute atomic E-state index is 5.22. The Labute approximate surface area is 76.8 Å². The molecule has 0 amide bonds. The van der Waals surface area contributed by atoms with E-state index in [4.69, 9.17) is 4.42 Å². The lowest BCUT2D eigenvalue weighted by molar-refractivity contribution is 0.584. The molecule has 0 aromatic carbocycles. The normalized spacial score (nSPS) is 10.3. The molecule has 0 aliphatic rings. The molecule has 1 nitrogen and oxygen atoms in total. The van der Waals surface area contributed by atoms with Crippen LogP contribution in [0, 0.1) is 0 Å². The van der Waals surface area contributed by atoms with Crippen molar-refractivity contribution in [2.45, 2.75) is 0 Å². The van der Waals surface area contributed by atoms with Gasteiger partial charge in [0.2, 0.25) is 0 Å². The molecule has 0 fully saturated rings. The third kappa shape index (κ3) is 1.39. The Morgan fingerprint density at radius 3 is 2.73 bits per heavy atom. The molecule has 56 valence electrons. The molecular formula is C8H5BrOS. The van der Waals surface area contributed by atoms with E-state index in [0.717, 1.165) is 14.4 Å². The maximum Gasteiger partial charge on any atom is 0.143 e. The molecule has 0 unspecified atom stereocenters. The van der Waals surface area contributed by atoms with E-state index in [-0.39, 0.29) is 0 Å². The van der Waals surface area contributed by atoms with Crippen molar-refractivity contribution in [2.24, 2.45) is 0 Å². The fourth-order valence-corrected chi connectivity index (χ4v) is 2.22. The summed E-state index contributed by atoms with van der Waals surface area (Å²) >= 11 is 5.06. The molecule has 2 rings (SSSR count). The van der Waals surface area contributed by atoms with Crippen molar-refractivity contribution in [1.82, 2.24) is 0 Å². The van der Waals surface area contributed by atoms with E-state index in [0.29, 0.717) is 0 Å². The molecule has 2 aromatic rings. The van der Waals surface area contributed by atoms with Crippen molar-refractivity contribution in [2.75, 3.05) is 0 Å². The van der Waals surface area contributed by atoms with Crippen LogP contribution in [0.3, 0.4) is 0 Å². The monoisotopic (exact) mass is 228 g/mol. The molecule has 0 aliphatic heterocycles. The second-order valence-corrected chi connectivity index (χ2v) is 4.54. The molecule has 0 saturated carbocycles. The zero-order chi connectivity index (χ0) is 7.68. The van der Waals surface area contributed by atoms with Crippen LogP contribution >= 0.6 is 27.3 Å². The minimum Gasteiger partial charge on any atom is -0.464 e. The molecule has 3 heteroatoms. The number of hydrogen-bond acceptors (Lipinski definition) is 2. The van der Waals surface area contributed by atoms with E-state index >= 15 is 0 Å². The number of furan rings is 1. The summed E-state index contributed by atoms with van der Waals surface area (Å²) in [5.41, 5.74) is 0. The summed E-state index contributed by atoms with van der Waals surface area (Å²) in [5.74, 6) is 0.931. The van der Waals surface area contributed by atoms with Crippen LogP contribution < -0.4 is 0 Å². The van der Waals surface area contributed by atoms with Crippen LogP contribution in [0.5, 0.6) is 0 Å². The molecule has 0 bridgehead atoms. The van der Waals surface area contributed by atoms with Crippen molar-refractivity contribution >= 4 is 27.3 Å². The molecule has 0 radical (unpaired) electrons. The minimum absolute atomic E-state index is 0.931. The predicted octanol–water partition coefficient (Wildman–Crippen LogP) is 3.77. The quantitative estimate of drug-likeness (QED) is 0.725. The average molecular weight is 229 g/mol. The van der Waals surface area contributed by atoms with Gasteiger partial charge < -0.3 is 4.42 Å². The van der Waals surface area contributed by atoms with Gasteiger partial charge in [0.15, 0.2) is 0 Å². The summed E-state index contributed by atoms with van der Waals surface area (Å²) in [4.78, 5) is 1.15. The smallest absolute Gasteiger partial charge is 0.143 e. The Hall–Kier alpha value is -0.540. The molecule has 0 atom stereocenters. The van der Waals surface area contributed by atoms with Gasteiger partial charge in [-0.05, 0) is 40.2 Å². The number of halogens is 1. The van der Waals surface area contributed by atoms with Gasteiger partial charge in [-0.15, -0.1) is 11.3 Å². The molecule has 11 heavy (non-hydrogen) atoms. The lowest BCUT2D eigenvalue weighted by atomic mass is 10.4. The second kappa shape index (κ2) is 2.83. The first-order valence-corrected chi connectivity index (χ1v) is 4.76. The number of thiophene rings is 1. The molecule has 2 aromatic heterocycles. The maximum atomic E-state index is 5.22. The molecule has 0 aliphatic carbocycles. The SMILES string of the molecule is Brc1ccc(-c2ccco2)s1. The summed E-state index contributed by atoms with van der Waals surface area (Å²) in [7, 11) is 0. The van der Waals surface area contributed by atoms with Crippen molar-refractivity contribution in [3.05, 3.63) is 34.3 Å². The van der Waals surface area contributed by atoms with Crippen molar-refractivity contribution in [3.8, 4) is 10.6 Å². The Bertz CT molecular complexity index is 337. The first-order chi connectivity index (χ1) is 5.36. The average Bonchev–Trinajstić information content (AvgIpc) is 2.55. The van der Waals surface area contributed by atoms with Crippen LogP contribution in [0.2, 0.25) is 0 Å². The van der Waals surface area contributed by atoms with E-state index in [1.807, 2.05) is 24.3 Å². The zero-order valence-corrected chi connectivity index (χ0v) is 7.98.